The minimum Gasteiger partial charge on any atom is -0.396 e. The number of rotatable bonds is 9. The second-order valence-electron chi connectivity index (χ2n) is 11.0. The van der Waals surface area contributed by atoms with Crippen LogP contribution in [0.4, 0.5) is 15.5 Å². The van der Waals surface area contributed by atoms with Gasteiger partial charge in [-0.15, -0.1) is 5.10 Å². The number of nitro benzene ring substituents is 1. The number of nitrogens with zero attached hydrogens (tertiary/aromatic N) is 5. The fraction of sp³-hybridized carbons (Fsp3) is 0.444. The number of hydrogen-bond donors (Lipinski definition) is 1. The molecule has 1 saturated heterocycles. The van der Waals surface area contributed by atoms with Crippen molar-refractivity contribution in [1.82, 2.24) is 15.0 Å². The summed E-state index contributed by atoms with van der Waals surface area (Å²) in [5.41, 5.74) is 0.292. The lowest BCUT2D eigenvalue weighted by molar-refractivity contribution is -0.385. The van der Waals surface area contributed by atoms with Crippen molar-refractivity contribution in [3.8, 4) is 0 Å². The number of carbonyl (C=O) groups is 1. The molecule has 1 N–H and O–H groups in total. The molecule has 40 heavy (non-hydrogen) atoms. The molecular formula is C27H31FIN5O5Si. The van der Waals surface area contributed by atoms with Gasteiger partial charge in [0.2, 0.25) is 8.41 Å². The highest BCUT2D eigenvalue weighted by Gasteiger charge is 2.66. The number of benzene rings is 2. The number of aliphatic hydroxyl groups excluding tert-OH is 1. The minimum absolute atomic E-state index is 0.0412. The number of ether oxygens (including phenoxy) is 1. The van der Waals surface area contributed by atoms with Crippen molar-refractivity contribution in [2.75, 3.05) is 11.5 Å². The van der Waals surface area contributed by atoms with Crippen LogP contribution in [0.2, 0.25) is 18.6 Å². The predicted molar refractivity (Wildman–Crippen MR) is 157 cm³/mol. The van der Waals surface area contributed by atoms with Gasteiger partial charge in [0.15, 0.2) is 5.60 Å². The Labute approximate surface area is 246 Å². The Bertz CT molecular complexity index is 1450. The van der Waals surface area contributed by atoms with E-state index in [0.717, 1.165) is 9.13 Å². The number of aliphatic hydroxyl groups is 1. The summed E-state index contributed by atoms with van der Waals surface area (Å²) < 4.78 is 25.4. The molecule has 0 bridgehead atoms. The zero-order chi connectivity index (χ0) is 28.8. The van der Waals surface area contributed by atoms with E-state index in [-0.39, 0.29) is 24.7 Å². The van der Waals surface area contributed by atoms with Gasteiger partial charge >= 0.3 is 0 Å². The van der Waals surface area contributed by atoms with Crippen LogP contribution >= 0.6 is 22.6 Å². The number of amides is 1. The molecule has 0 saturated carbocycles. The van der Waals surface area contributed by atoms with Crippen molar-refractivity contribution in [3.05, 3.63) is 79.2 Å². The Morgan fingerprint density at radius 2 is 2.05 bits per heavy atom. The van der Waals surface area contributed by atoms with Gasteiger partial charge in [-0.05, 0) is 65.9 Å². The number of nitro groups is 1. The van der Waals surface area contributed by atoms with Crippen molar-refractivity contribution in [2.24, 2.45) is 5.92 Å². The first-order chi connectivity index (χ1) is 19.0. The molecule has 3 aromatic rings. The van der Waals surface area contributed by atoms with Gasteiger partial charge in [-0.25, -0.2) is 0 Å². The fourth-order valence-corrected chi connectivity index (χ4v) is 9.48. The van der Waals surface area contributed by atoms with Crippen LogP contribution in [-0.2, 0) is 34.6 Å². The van der Waals surface area contributed by atoms with E-state index < -0.39 is 36.5 Å². The number of hydrogen-bond acceptors (Lipinski definition) is 7. The highest BCUT2D eigenvalue weighted by molar-refractivity contribution is 14.1. The van der Waals surface area contributed by atoms with Crippen LogP contribution in [-0.4, -0.2) is 52.0 Å². The summed E-state index contributed by atoms with van der Waals surface area (Å²) in [6.45, 7) is 5.68. The molecule has 212 valence electrons. The molecule has 10 nitrogen and oxygen atoms in total. The average molecular weight is 680 g/mol. The molecule has 5 rings (SSSR count). The summed E-state index contributed by atoms with van der Waals surface area (Å²) in [7, 11) is -3.39. The smallest absolute Gasteiger partial charge is 0.269 e. The zero-order valence-electron chi connectivity index (χ0n) is 22.5. The van der Waals surface area contributed by atoms with Crippen molar-refractivity contribution in [2.45, 2.75) is 63.2 Å². The summed E-state index contributed by atoms with van der Waals surface area (Å²) in [6.07, 6.45) is 1.89. The van der Waals surface area contributed by atoms with Crippen molar-refractivity contribution in [1.29, 1.82) is 0 Å². The Morgan fingerprint density at radius 3 is 2.73 bits per heavy atom. The topological polar surface area (TPSA) is 124 Å². The van der Waals surface area contributed by atoms with E-state index in [0.29, 0.717) is 36.3 Å². The van der Waals surface area contributed by atoms with E-state index >= 15 is 4.11 Å². The van der Waals surface area contributed by atoms with E-state index in [4.69, 9.17) is 4.74 Å². The average Bonchev–Trinajstić information content (AvgIpc) is 3.53. The number of anilines is 1. The second-order valence-corrected chi connectivity index (χ2v) is 16.0. The normalized spacial score (nSPS) is 24.2. The lowest BCUT2D eigenvalue weighted by Crippen LogP contribution is -2.45. The summed E-state index contributed by atoms with van der Waals surface area (Å²) in [4.78, 5) is 27.3. The Hall–Kier alpha value is -2.75. The van der Waals surface area contributed by atoms with Crippen LogP contribution in [0.15, 0.2) is 48.7 Å². The van der Waals surface area contributed by atoms with E-state index in [1.807, 2.05) is 31.2 Å². The quantitative estimate of drug-likeness (QED) is 0.114. The first-order valence-electron chi connectivity index (χ1n) is 13.2. The number of aromatic nitrogens is 3. The van der Waals surface area contributed by atoms with Gasteiger partial charge in [0.1, 0.15) is 0 Å². The minimum atomic E-state index is -3.39. The Morgan fingerprint density at radius 1 is 1.27 bits per heavy atom. The van der Waals surface area contributed by atoms with Crippen LogP contribution in [0.5, 0.6) is 0 Å². The molecule has 0 aliphatic carbocycles. The maximum atomic E-state index is 16.0. The fourth-order valence-electron chi connectivity index (χ4n) is 6.33. The van der Waals surface area contributed by atoms with Crippen LogP contribution in [0.25, 0.3) is 0 Å². The maximum Gasteiger partial charge on any atom is 0.269 e. The summed E-state index contributed by atoms with van der Waals surface area (Å²) in [6, 6.07) is 12.2. The highest BCUT2D eigenvalue weighted by Crippen LogP contribution is 2.60. The number of aryl methyl sites for hydroxylation is 1. The standard InChI is InChI=1S/C27H31FIN5O5Si/c1-17-25(40(2,3)28)24(9-11-32-16-20(10-12-35)30-31-32)39-27(17)22-14-21(34(37)38)7-8-23(22)33(26(27)36)15-18-5-4-6-19(29)13-18/h4-8,13-14,16-17,24-25,35H,9-12,15H2,1-3H3/t17-,24+,25-,27+/m1/s1. The third kappa shape index (κ3) is 5.08. The lowest BCUT2D eigenvalue weighted by atomic mass is 9.82. The van der Waals surface area contributed by atoms with Gasteiger partial charge in [0.25, 0.3) is 11.6 Å². The summed E-state index contributed by atoms with van der Waals surface area (Å²) >= 11 is 2.21. The lowest BCUT2D eigenvalue weighted by Gasteiger charge is -2.31. The van der Waals surface area contributed by atoms with E-state index in [1.54, 1.807) is 34.9 Å². The highest BCUT2D eigenvalue weighted by atomic mass is 127. The van der Waals surface area contributed by atoms with Crippen molar-refractivity contribution in [3.63, 3.8) is 0 Å². The number of carbonyl (C=O) groups excluding carboxylic acids is 1. The molecule has 1 aromatic heterocycles. The third-order valence-electron chi connectivity index (χ3n) is 7.98. The van der Waals surface area contributed by atoms with E-state index in [9.17, 15) is 20.0 Å². The molecule has 1 amide bonds. The Kier molecular flexibility index (Phi) is 7.85. The summed E-state index contributed by atoms with van der Waals surface area (Å²) in [5.74, 6) is -0.884. The molecule has 2 aliphatic heterocycles. The van der Waals surface area contributed by atoms with E-state index in [1.165, 1.54) is 12.1 Å². The molecule has 13 heteroatoms. The van der Waals surface area contributed by atoms with Crippen LogP contribution in [0, 0.1) is 19.6 Å². The number of halogens is 2. The molecule has 1 fully saturated rings. The zero-order valence-corrected chi connectivity index (χ0v) is 25.6. The first-order valence-corrected chi connectivity index (χ1v) is 17.2. The van der Waals surface area contributed by atoms with Crippen LogP contribution < -0.4 is 4.90 Å². The first kappa shape index (κ1) is 28.8. The van der Waals surface area contributed by atoms with Gasteiger partial charge in [-0.2, -0.15) is 0 Å². The van der Waals surface area contributed by atoms with Gasteiger partial charge in [-0.3, -0.25) is 19.6 Å². The molecule has 2 aliphatic rings. The number of non-ortho nitro benzene ring substituents is 1. The molecule has 3 heterocycles. The van der Waals surface area contributed by atoms with Crippen molar-refractivity contribution >= 4 is 48.3 Å². The predicted octanol–water partition coefficient (Wildman–Crippen LogP) is 4.74. The molecule has 0 radical (unpaired) electrons. The van der Waals surface area contributed by atoms with Gasteiger partial charge in [0.05, 0.1) is 29.0 Å². The molecule has 0 unspecified atom stereocenters. The summed E-state index contributed by atoms with van der Waals surface area (Å²) in [5, 5.41) is 29.1. The molecular weight excluding hydrogens is 648 g/mol. The van der Waals surface area contributed by atoms with Crippen LogP contribution in [0.3, 0.4) is 0 Å². The molecule has 4 atom stereocenters. The monoisotopic (exact) mass is 679 g/mol. The van der Waals surface area contributed by atoms with Gasteiger partial charge < -0.3 is 18.9 Å². The van der Waals surface area contributed by atoms with Crippen molar-refractivity contribution < 1.29 is 23.7 Å². The molecule has 2 aromatic carbocycles. The third-order valence-corrected chi connectivity index (χ3v) is 11.1. The second kappa shape index (κ2) is 10.9. The van der Waals surface area contributed by atoms with Gasteiger partial charge in [-0.1, -0.05) is 24.3 Å². The maximum absolute atomic E-state index is 16.0. The largest absolute Gasteiger partial charge is 0.396 e. The Balaban J connectivity index is 1.55. The van der Waals surface area contributed by atoms with Crippen LogP contribution in [0.1, 0.15) is 30.2 Å². The number of fused-ring (bicyclic) bond motifs is 2. The van der Waals surface area contributed by atoms with E-state index in [2.05, 4.69) is 32.9 Å². The molecule has 1 spiro atoms. The SMILES string of the molecule is C[C@@H]1[C@@H]([Si](C)(C)F)[C@H](CCn2cc(CCO)nn2)O[C@@]12C(=O)N(Cc1cccc(I)c1)c1ccc([N+](=O)[O-])cc12. The van der Waals surface area contributed by atoms with Gasteiger partial charge in [0, 0.05) is 58.5 Å².